The van der Waals surface area contributed by atoms with E-state index in [1.807, 2.05) is 6.07 Å². The van der Waals surface area contributed by atoms with Gasteiger partial charge < -0.3 is 11.1 Å². The number of nitrogens with two attached hydrogens (primary N) is 1. The largest absolute Gasteiger partial charge is 0.326 e. The highest BCUT2D eigenvalue weighted by molar-refractivity contribution is 6.30. The third kappa shape index (κ3) is 3.59. The van der Waals surface area contributed by atoms with Gasteiger partial charge in [0.15, 0.2) is 0 Å². The molecule has 0 bridgehead atoms. The Morgan fingerprint density at radius 2 is 1.80 bits per heavy atom. The second kappa shape index (κ2) is 7.06. The summed E-state index contributed by atoms with van der Waals surface area (Å²) >= 11 is 5.97. The first-order chi connectivity index (χ1) is 11.8. The summed E-state index contributed by atoms with van der Waals surface area (Å²) in [4.78, 5) is 0. The molecular weight excluding hydrogens is 335 g/mol. The molecule has 1 aliphatic rings. The molecule has 2 aromatic carbocycles. The van der Waals surface area contributed by atoms with Gasteiger partial charge in [-0.25, -0.2) is 4.39 Å². The van der Waals surface area contributed by atoms with Crippen molar-refractivity contribution in [2.45, 2.75) is 56.7 Å². The molecule has 1 fully saturated rings. The summed E-state index contributed by atoms with van der Waals surface area (Å²) in [7, 11) is 0. The third-order valence-electron chi connectivity index (χ3n) is 5.52. The number of halogens is 2. The summed E-state index contributed by atoms with van der Waals surface area (Å²) in [6.45, 7) is 6.53. The van der Waals surface area contributed by atoms with Crippen LogP contribution in [0.25, 0.3) is 0 Å². The van der Waals surface area contributed by atoms with Gasteiger partial charge >= 0.3 is 0 Å². The molecule has 2 nitrogen and oxygen atoms in total. The summed E-state index contributed by atoms with van der Waals surface area (Å²) in [5.41, 5.74) is 8.46. The van der Waals surface area contributed by atoms with Gasteiger partial charge in [0, 0.05) is 24.0 Å². The fourth-order valence-electron chi connectivity index (χ4n) is 4.14. The van der Waals surface area contributed by atoms with Crippen LogP contribution >= 0.6 is 11.6 Å². The van der Waals surface area contributed by atoms with Crippen molar-refractivity contribution in [1.82, 2.24) is 5.32 Å². The van der Waals surface area contributed by atoms with Gasteiger partial charge in [-0.05, 0) is 36.0 Å². The van der Waals surface area contributed by atoms with E-state index in [1.165, 1.54) is 5.56 Å². The standard InChI is InChI=1S/C21H26ClFN2/c1-13-18(15-10-7-11-16(22)19(15)23)20(24)17(25-13)12-21(2,3)14-8-5-4-6-9-14/h4-11,13,17-18,20,25H,12,24H2,1-3H3. The maximum Gasteiger partial charge on any atom is 0.145 e. The number of benzene rings is 2. The van der Waals surface area contributed by atoms with Gasteiger partial charge in [-0.15, -0.1) is 0 Å². The molecular formula is C21H26ClFN2. The van der Waals surface area contributed by atoms with E-state index in [0.29, 0.717) is 5.56 Å². The van der Waals surface area contributed by atoms with E-state index in [4.69, 9.17) is 17.3 Å². The summed E-state index contributed by atoms with van der Waals surface area (Å²) < 4.78 is 14.5. The minimum Gasteiger partial charge on any atom is -0.326 e. The van der Waals surface area contributed by atoms with Gasteiger partial charge in [-0.2, -0.15) is 0 Å². The van der Waals surface area contributed by atoms with Crippen molar-refractivity contribution in [2.24, 2.45) is 5.73 Å². The zero-order chi connectivity index (χ0) is 18.2. The molecule has 4 atom stereocenters. The molecule has 3 N–H and O–H groups in total. The van der Waals surface area contributed by atoms with Crippen LogP contribution in [0.1, 0.15) is 44.2 Å². The summed E-state index contributed by atoms with van der Waals surface area (Å²) in [5, 5.41) is 3.75. The molecule has 0 aliphatic carbocycles. The smallest absolute Gasteiger partial charge is 0.145 e. The zero-order valence-electron chi connectivity index (χ0n) is 15.0. The first kappa shape index (κ1) is 18.4. The average Bonchev–Trinajstić information content (AvgIpc) is 2.84. The number of nitrogens with one attached hydrogen (secondary N) is 1. The Balaban J connectivity index is 1.83. The first-order valence-electron chi connectivity index (χ1n) is 8.82. The predicted octanol–water partition coefficient (Wildman–Crippen LogP) is 4.62. The van der Waals surface area contributed by atoms with Gasteiger partial charge in [0.2, 0.25) is 0 Å². The molecule has 1 saturated heterocycles. The average molecular weight is 361 g/mol. The molecule has 0 amide bonds. The lowest BCUT2D eigenvalue weighted by atomic mass is 9.76. The molecule has 134 valence electrons. The van der Waals surface area contributed by atoms with Gasteiger partial charge in [0.05, 0.1) is 5.02 Å². The highest BCUT2D eigenvalue weighted by Crippen LogP contribution is 2.38. The summed E-state index contributed by atoms with van der Waals surface area (Å²) in [5.74, 6) is -0.434. The van der Waals surface area contributed by atoms with Crippen molar-refractivity contribution in [1.29, 1.82) is 0 Å². The second-order valence-corrected chi connectivity index (χ2v) is 8.17. The molecule has 1 heterocycles. The normalized spacial score (nSPS) is 26.8. The van der Waals surface area contributed by atoms with Crippen molar-refractivity contribution in [2.75, 3.05) is 0 Å². The number of rotatable bonds is 4. The van der Waals surface area contributed by atoms with E-state index in [2.05, 4.69) is 50.4 Å². The molecule has 4 unspecified atom stereocenters. The van der Waals surface area contributed by atoms with Crippen LogP contribution in [0.3, 0.4) is 0 Å². The number of hydrogen-bond donors (Lipinski definition) is 2. The molecule has 25 heavy (non-hydrogen) atoms. The van der Waals surface area contributed by atoms with Crippen LogP contribution in [0.15, 0.2) is 48.5 Å². The predicted molar refractivity (Wildman–Crippen MR) is 103 cm³/mol. The van der Waals surface area contributed by atoms with E-state index >= 15 is 0 Å². The first-order valence-corrected chi connectivity index (χ1v) is 9.20. The van der Waals surface area contributed by atoms with Crippen LogP contribution in [0.4, 0.5) is 4.39 Å². The maximum atomic E-state index is 14.5. The van der Waals surface area contributed by atoms with Crippen LogP contribution < -0.4 is 11.1 Å². The van der Waals surface area contributed by atoms with Gasteiger partial charge in [0.25, 0.3) is 0 Å². The van der Waals surface area contributed by atoms with E-state index in [-0.39, 0.29) is 40.3 Å². The Bertz CT molecular complexity index is 732. The minimum absolute atomic E-state index is 0.0158. The Morgan fingerprint density at radius 3 is 2.48 bits per heavy atom. The highest BCUT2D eigenvalue weighted by Gasteiger charge is 2.42. The van der Waals surface area contributed by atoms with E-state index in [0.717, 1.165) is 6.42 Å². The van der Waals surface area contributed by atoms with Crippen LogP contribution in [-0.4, -0.2) is 18.1 Å². The van der Waals surface area contributed by atoms with Crippen LogP contribution in [0.2, 0.25) is 5.02 Å². The quantitative estimate of drug-likeness (QED) is 0.835. The third-order valence-corrected chi connectivity index (χ3v) is 5.81. The molecule has 1 aliphatic heterocycles. The van der Waals surface area contributed by atoms with Crippen molar-refractivity contribution < 1.29 is 4.39 Å². The van der Waals surface area contributed by atoms with Crippen LogP contribution in [-0.2, 0) is 5.41 Å². The Hall–Kier alpha value is -1.42. The van der Waals surface area contributed by atoms with E-state index in [9.17, 15) is 4.39 Å². The maximum absolute atomic E-state index is 14.5. The van der Waals surface area contributed by atoms with Crippen molar-refractivity contribution in [3.63, 3.8) is 0 Å². The Morgan fingerprint density at radius 1 is 1.12 bits per heavy atom. The monoisotopic (exact) mass is 360 g/mol. The molecule has 4 heteroatoms. The topological polar surface area (TPSA) is 38.0 Å². The number of hydrogen-bond acceptors (Lipinski definition) is 2. The SMILES string of the molecule is CC1NC(CC(C)(C)c2ccccc2)C(N)C1c1cccc(Cl)c1F. The van der Waals surface area contributed by atoms with Crippen molar-refractivity contribution >= 4 is 11.6 Å². The molecule has 0 spiro atoms. The Kier molecular flexibility index (Phi) is 5.19. The summed E-state index contributed by atoms with van der Waals surface area (Å²) in [6.07, 6.45) is 0.890. The molecule has 3 rings (SSSR count). The van der Waals surface area contributed by atoms with Crippen LogP contribution in [0, 0.1) is 5.82 Å². The second-order valence-electron chi connectivity index (χ2n) is 7.76. The molecule has 0 radical (unpaired) electrons. The minimum atomic E-state index is -0.346. The zero-order valence-corrected chi connectivity index (χ0v) is 15.7. The van der Waals surface area contributed by atoms with Gasteiger partial charge in [0.1, 0.15) is 5.82 Å². The highest BCUT2D eigenvalue weighted by atomic mass is 35.5. The lowest BCUT2D eigenvalue weighted by Gasteiger charge is -2.31. The van der Waals surface area contributed by atoms with E-state index < -0.39 is 0 Å². The lowest BCUT2D eigenvalue weighted by Crippen LogP contribution is -2.42. The van der Waals surface area contributed by atoms with E-state index in [1.54, 1.807) is 18.2 Å². The van der Waals surface area contributed by atoms with Gasteiger partial charge in [-0.3, -0.25) is 0 Å². The van der Waals surface area contributed by atoms with Gasteiger partial charge in [-0.1, -0.05) is 67.9 Å². The molecule has 0 saturated carbocycles. The van der Waals surface area contributed by atoms with Crippen molar-refractivity contribution in [3.05, 3.63) is 70.5 Å². The summed E-state index contributed by atoms with van der Waals surface area (Å²) in [6, 6.07) is 15.7. The fourth-order valence-corrected chi connectivity index (χ4v) is 4.32. The fraction of sp³-hybridized carbons (Fsp3) is 0.429. The Labute approximate surface area is 154 Å². The van der Waals surface area contributed by atoms with Crippen molar-refractivity contribution in [3.8, 4) is 0 Å². The molecule has 0 aromatic heterocycles. The molecule has 2 aromatic rings. The van der Waals surface area contributed by atoms with Crippen LogP contribution in [0.5, 0.6) is 0 Å². The lowest BCUT2D eigenvalue weighted by molar-refractivity contribution is 0.373.